The van der Waals surface area contributed by atoms with Crippen molar-refractivity contribution in [3.8, 4) is 22.3 Å². The minimum Gasteiger partial charge on any atom is -0.342 e. The van der Waals surface area contributed by atoms with E-state index in [2.05, 4.69) is 145 Å². The second kappa shape index (κ2) is 7.84. The molecular weight excluding hydrogens is 460 g/mol. The fourth-order valence-electron chi connectivity index (χ4n) is 6.51. The molecule has 2 aromatic heterocycles. The van der Waals surface area contributed by atoms with Gasteiger partial charge in [-0.1, -0.05) is 109 Å². The molecule has 0 aliphatic heterocycles. The number of hydrogen-bond donors (Lipinski definition) is 0. The number of rotatable bonds is 2. The normalized spacial score (nSPS) is 11.9. The van der Waals surface area contributed by atoms with E-state index in [0.717, 1.165) is 0 Å². The lowest BCUT2D eigenvalue weighted by Gasteiger charge is -2.08. The maximum absolute atomic E-state index is 2.41. The summed E-state index contributed by atoms with van der Waals surface area (Å²) >= 11 is 0. The molecular formula is C36H26N2. The first-order valence-corrected chi connectivity index (χ1v) is 13.2. The highest BCUT2D eigenvalue weighted by Gasteiger charge is 2.21. The molecule has 2 heteroatoms. The Morgan fingerprint density at radius 3 is 1.18 bits per heavy atom. The average molecular weight is 487 g/mol. The molecule has 0 unspecified atom stereocenters. The summed E-state index contributed by atoms with van der Waals surface area (Å²) in [6.45, 7) is 0. The van der Waals surface area contributed by atoms with E-state index in [1.165, 1.54) is 76.6 Å². The van der Waals surface area contributed by atoms with Crippen molar-refractivity contribution in [1.29, 1.82) is 0 Å². The molecule has 0 fully saturated rings. The maximum atomic E-state index is 2.41. The van der Waals surface area contributed by atoms with Crippen LogP contribution in [-0.4, -0.2) is 9.13 Å². The summed E-state index contributed by atoms with van der Waals surface area (Å²) < 4.78 is 4.81. The van der Waals surface area contributed by atoms with Gasteiger partial charge in [0.05, 0.1) is 11.0 Å². The molecule has 0 N–H and O–H groups in total. The van der Waals surface area contributed by atoms with Gasteiger partial charge < -0.3 is 9.13 Å². The molecule has 0 amide bonds. The molecule has 0 aliphatic carbocycles. The lowest BCUT2D eigenvalue weighted by molar-refractivity contribution is 0.987. The summed E-state index contributed by atoms with van der Waals surface area (Å²) in [5.41, 5.74) is 10.1. The second-order valence-corrected chi connectivity index (χ2v) is 10.3. The highest BCUT2D eigenvalue weighted by atomic mass is 15.0. The predicted molar refractivity (Wildman–Crippen MR) is 163 cm³/mol. The number of benzene rings is 6. The van der Waals surface area contributed by atoms with Gasteiger partial charge >= 0.3 is 0 Å². The number of aryl methyl sites for hydroxylation is 2. The van der Waals surface area contributed by atoms with Crippen LogP contribution in [0.1, 0.15) is 0 Å². The summed E-state index contributed by atoms with van der Waals surface area (Å²) in [5.74, 6) is 0. The largest absolute Gasteiger partial charge is 0.342 e. The van der Waals surface area contributed by atoms with Crippen LogP contribution in [-0.2, 0) is 14.1 Å². The first kappa shape index (κ1) is 21.3. The highest BCUT2D eigenvalue weighted by molar-refractivity contribution is 6.35. The second-order valence-electron chi connectivity index (χ2n) is 10.3. The van der Waals surface area contributed by atoms with E-state index in [-0.39, 0.29) is 0 Å². The predicted octanol–water partition coefficient (Wildman–Crippen LogP) is 9.46. The number of aromatic nitrogens is 2. The molecule has 8 rings (SSSR count). The van der Waals surface area contributed by atoms with Gasteiger partial charge in [-0.25, -0.2) is 0 Å². The van der Waals surface area contributed by atoms with E-state index < -0.39 is 0 Å². The monoisotopic (exact) mass is 486 g/mol. The zero-order chi connectivity index (χ0) is 25.4. The summed E-state index contributed by atoms with van der Waals surface area (Å²) in [6, 6.07) is 44.1. The number of nitrogens with zero attached hydrogens (tertiary/aromatic N) is 2. The van der Waals surface area contributed by atoms with E-state index in [4.69, 9.17) is 0 Å². The third kappa shape index (κ3) is 2.83. The molecule has 0 saturated heterocycles. The smallest absolute Gasteiger partial charge is 0.0742 e. The van der Waals surface area contributed by atoms with Crippen LogP contribution in [0.15, 0.2) is 121 Å². The van der Waals surface area contributed by atoms with Gasteiger partial charge in [0.25, 0.3) is 0 Å². The van der Waals surface area contributed by atoms with Gasteiger partial charge in [0.2, 0.25) is 0 Å². The van der Waals surface area contributed by atoms with Crippen LogP contribution in [0.25, 0.3) is 76.6 Å². The van der Waals surface area contributed by atoms with Gasteiger partial charge in [-0.3, -0.25) is 0 Å². The lowest BCUT2D eigenvalue weighted by atomic mass is 9.97. The molecule has 180 valence electrons. The molecule has 2 nitrogen and oxygen atoms in total. The van der Waals surface area contributed by atoms with Gasteiger partial charge in [0.15, 0.2) is 0 Å². The lowest BCUT2D eigenvalue weighted by Crippen LogP contribution is -1.93. The van der Waals surface area contributed by atoms with E-state index in [9.17, 15) is 0 Å². The zero-order valence-electron chi connectivity index (χ0n) is 21.4. The third-order valence-electron chi connectivity index (χ3n) is 8.31. The first-order chi connectivity index (χ1) is 18.7. The minimum atomic E-state index is 1.24. The Kier molecular flexibility index (Phi) is 4.39. The van der Waals surface area contributed by atoms with Gasteiger partial charge in [-0.15, -0.1) is 0 Å². The first-order valence-electron chi connectivity index (χ1n) is 13.2. The van der Waals surface area contributed by atoms with Gasteiger partial charge in [0.1, 0.15) is 0 Å². The van der Waals surface area contributed by atoms with Gasteiger partial charge in [-0.05, 0) is 45.2 Å². The summed E-state index contributed by atoms with van der Waals surface area (Å²) in [7, 11) is 4.45. The van der Waals surface area contributed by atoms with Crippen LogP contribution in [0.3, 0.4) is 0 Å². The van der Waals surface area contributed by atoms with E-state index in [1.807, 2.05) is 0 Å². The Morgan fingerprint density at radius 2 is 0.763 bits per heavy atom. The van der Waals surface area contributed by atoms with Crippen molar-refractivity contribution >= 4 is 54.4 Å². The molecule has 2 heterocycles. The Morgan fingerprint density at radius 1 is 0.368 bits per heavy atom. The molecule has 0 bridgehead atoms. The Bertz CT molecular complexity index is 2020. The molecule has 0 radical (unpaired) electrons. The van der Waals surface area contributed by atoms with Crippen LogP contribution in [0.4, 0.5) is 0 Å². The Hall–Kier alpha value is -4.82. The van der Waals surface area contributed by atoms with Crippen molar-refractivity contribution < 1.29 is 0 Å². The SMILES string of the molecule is Cn1c2cc(-c3ccccc3)ccc2c2c3ccccc3c3c4ccc(-c5ccccc5)cc4n(C)c3c21. The Labute approximate surface area is 221 Å². The number of hydrogen-bond acceptors (Lipinski definition) is 0. The van der Waals surface area contributed by atoms with E-state index >= 15 is 0 Å². The molecule has 6 aromatic carbocycles. The van der Waals surface area contributed by atoms with Crippen LogP contribution >= 0.6 is 0 Å². The van der Waals surface area contributed by atoms with Crippen LogP contribution < -0.4 is 0 Å². The molecule has 8 aromatic rings. The molecule has 0 saturated carbocycles. The van der Waals surface area contributed by atoms with E-state index in [0.29, 0.717) is 0 Å². The van der Waals surface area contributed by atoms with Crippen molar-refractivity contribution in [2.24, 2.45) is 14.1 Å². The van der Waals surface area contributed by atoms with Crippen molar-refractivity contribution in [3.63, 3.8) is 0 Å². The summed E-state index contributed by atoms with van der Waals surface area (Å²) in [5, 5.41) is 7.89. The van der Waals surface area contributed by atoms with Crippen molar-refractivity contribution in [3.05, 3.63) is 121 Å². The quantitative estimate of drug-likeness (QED) is 0.230. The van der Waals surface area contributed by atoms with Crippen LogP contribution in [0.2, 0.25) is 0 Å². The van der Waals surface area contributed by atoms with E-state index in [1.54, 1.807) is 0 Å². The molecule has 0 spiro atoms. The summed E-state index contributed by atoms with van der Waals surface area (Å²) in [6.07, 6.45) is 0. The number of fused-ring (bicyclic) bond motifs is 10. The fraction of sp³-hybridized carbons (Fsp3) is 0.0556. The van der Waals surface area contributed by atoms with Crippen molar-refractivity contribution in [2.75, 3.05) is 0 Å². The van der Waals surface area contributed by atoms with Crippen molar-refractivity contribution in [1.82, 2.24) is 9.13 Å². The maximum Gasteiger partial charge on any atom is 0.0742 e. The average Bonchev–Trinajstić information content (AvgIpc) is 3.44. The molecule has 0 aliphatic rings. The topological polar surface area (TPSA) is 9.86 Å². The van der Waals surface area contributed by atoms with Gasteiger partial charge in [0, 0.05) is 46.7 Å². The van der Waals surface area contributed by atoms with Crippen LogP contribution in [0, 0.1) is 0 Å². The molecule has 38 heavy (non-hydrogen) atoms. The van der Waals surface area contributed by atoms with Crippen LogP contribution in [0.5, 0.6) is 0 Å². The third-order valence-corrected chi connectivity index (χ3v) is 8.31. The molecule has 0 atom stereocenters. The zero-order valence-corrected chi connectivity index (χ0v) is 21.4. The summed E-state index contributed by atoms with van der Waals surface area (Å²) in [4.78, 5) is 0. The minimum absolute atomic E-state index is 1.24. The van der Waals surface area contributed by atoms with Crippen molar-refractivity contribution in [2.45, 2.75) is 0 Å². The fourth-order valence-corrected chi connectivity index (χ4v) is 6.51. The standard InChI is InChI=1S/C36H26N2/c1-37-31-21-25(23-11-5-3-6-12-23)17-19-29(31)33-27-15-9-10-16-28(27)34-30-20-18-26(24-13-7-4-8-14-24)22-32(30)38(2)36(34)35(33)37/h3-22H,1-2H3. The van der Waals surface area contributed by atoms with Gasteiger partial charge in [-0.2, -0.15) is 0 Å². The highest BCUT2D eigenvalue weighted by Crippen LogP contribution is 2.45. The Balaban J connectivity index is 1.54.